The van der Waals surface area contributed by atoms with Crippen molar-refractivity contribution in [3.05, 3.63) is 15.5 Å². The number of aromatic nitrogens is 2. The fourth-order valence-corrected chi connectivity index (χ4v) is 4.96. The van der Waals surface area contributed by atoms with Gasteiger partial charge in [0.05, 0.1) is 5.60 Å². The number of alkyl halides is 1. The SMILES string of the molecule is CC(C)n1nc(I)cc1[C@H]1[C@@H]2CC(O)(CN(C)C(=O)CCl)C[C@@H]21. The van der Waals surface area contributed by atoms with E-state index in [9.17, 15) is 9.90 Å². The van der Waals surface area contributed by atoms with E-state index in [1.165, 1.54) is 5.69 Å². The molecule has 1 N–H and O–H groups in total. The summed E-state index contributed by atoms with van der Waals surface area (Å²) in [5, 5.41) is 15.4. The highest BCUT2D eigenvalue weighted by Crippen LogP contribution is 2.66. The van der Waals surface area contributed by atoms with E-state index in [0.29, 0.717) is 30.3 Å². The standard InChI is InChI=1S/C16H23ClIN3O2/c1-9(2)21-12(4-13(18)19-21)15-10-5-16(23,6-11(10)15)8-20(3)14(22)7-17/h4,9-11,15,23H,5-8H2,1-3H3/t10-,11+,15+,16?. The first kappa shape index (κ1) is 17.5. The minimum atomic E-state index is -0.766. The molecule has 0 bridgehead atoms. The molecule has 3 rings (SSSR count). The number of aliphatic hydroxyl groups is 1. The summed E-state index contributed by atoms with van der Waals surface area (Å²) >= 11 is 7.85. The number of halogens is 2. The lowest BCUT2D eigenvalue weighted by Crippen LogP contribution is -2.43. The summed E-state index contributed by atoms with van der Waals surface area (Å²) in [6, 6.07) is 2.52. The number of hydrogen-bond acceptors (Lipinski definition) is 3. The van der Waals surface area contributed by atoms with Gasteiger partial charge >= 0.3 is 0 Å². The topological polar surface area (TPSA) is 58.4 Å². The van der Waals surface area contributed by atoms with Crippen molar-refractivity contribution in [3.8, 4) is 0 Å². The Labute approximate surface area is 155 Å². The minimum absolute atomic E-state index is 0.0337. The Morgan fingerprint density at radius 3 is 2.70 bits per heavy atom. The third-order valence-electron chi connectivity index (χ3n) is 5.20. The lowest BCUT2D eigenvalue weighted by atomic mass is 9.93. The third kappa shape index (κ3) is 3.26. The first-order valence-electron chi connectivity index (χ1n) is 8.03. The van der Waals surface area contributed by atoms with Crippen LogP contribution in [0.2, 0.25) is 0 Å². The van der Waals surface area contributed by atoms with Gasteiger partial charge in [-0.25, -0.2) is 0 Å². The van der Waals surface area contributed by atoms with E-state index in [1.807, 2.05) is 0 Å². The fourth-order valence-electron chi connectivity index (χ4n) is 4.20. The Morgan fingerprint density at radius 1 is 1.57 bits per heavy atom. The van der Waals surface area contributed by atoms with Crippen LogP contribution in [-0.2, 0) is 4.79 Å². The van der Waals surface area contributed by atoms with Gasteiger partial charge < -0.3 is 10.0 Å². The maximum absolute atomic E-state index is 11.6. The molecule has 2 fully saturated rings. The molecule has 0 saturated heterocycles. The van der Waals surface area contributed by atoms with E-state index in [2.05, 4.69) is 52.3 Å². The molecule has 7 heteroatoms. The molecule has 1 unspecified atom stereocenters. The second-order valence-electron chi connectivity index (χ2n) is 7.30. The summed E-state index contributed by atoms with van der Waals surface area (Å²) in [6.45, 7) is 4.67. The highest BCUT2D eigenvalue weighted by atomic mass is 127. The first-order valence-corrected chi connectivity index (χ1v) is 9.64. The smallest absolute Gasteiger partial charge is 0.237 e. The summed E-state index contributed by atoms with van der Waals surface area (Å²) in [4.78, 5) is 13.2. The monoisotopic (exact) mass is 451 g/mol. The molecule has 1 heterocycles. The van der Waals surface area contributed by atoms with Crippen LogP contribution in [0.25, 0.3) is 0 Å². The average molecular weight is 452 g/mol. The predicted octanol–water partition coefficient (Wildman–Crippen LogP) is 2.62. The second-order valence-corrected chi connectivity index (χ2v) is 8.67. The van der Waals surface area contributed by atoms with Gasteiger partial charge in [0, 0.05) is 31.2 Å². The van der Waals surface area contributed by atoms with Crippen LogP contribution in [0.5, 0.6) is 0 Å². The minimum Gasteiger partial charge on any atom is -0.388 e. The number of carbonyl (C=O) groups is 1. The summed E-state index contributed by atoms with van der Waals surface area (Å²) in [5.41, 5.74) is 0.532. The first-order chi connectivity index (χ1) is 10.8. The zero-order valence-corrected chi connectivity index (χ0v) is 16.6. The zero-order chi connectivity index (χ0) is 16.9. The molecule has 0 spiro atoms. The van der Waals surface area contributed by atoms with Crippen LogP contribution in [0, 0.1) is 15.5 Å². The third-order valence-corrected chi connectivity index (χ3v) is 5.96. The molecule has 1 aromatic heterocycles. The molecule has 2 aliphatic carbocycles. The van der Waals surface area contributed by atoms with Gasteiger partial charge in [0.1, 0.15) is 9.58 Å². The van der Waals surface area contributed by atoms with E-state index in [1.54, 1.807) is 11.9 Å². The highest BCUT2D eigenvalue weighted by Gasteiger charge is 2.62. The van der Waals surface area contributed by atoms with Crippen molar-refractivity contribution in [1.29, 1.82) is 0 Å². The summed E-state index contributed by atoms with van der Waals surface area (Å²) in [5.74, 6) is 1.34. The largest absolute Gasteiger partial charge is 0.388 e. The number of likely N-dealkylation sites (N-methyl/N-ethyl adjacent to an activating group) is 1. The maximum atomic E-state index is 11.6. The molecule has 2 aliphatic rings. The van der Waals surface area contributed by atoms with Gasteiger partial charge in [-0.3, -0.25) is 9.48 Å². The van der Waals surface area contributed by atoms with Crippen molar-refractivity contribution >= 4 is 40.1 Å². The Morgan fingerprint density at radius 2 is 2.17 bits per heavy atom. The van der Waals surface area contributed by atoms with Gasteiger partial charge in [-0.1, -0.05) is 0 Å². The second kappa shape index (κ2) is 6.19. The van der Waals surface area contributed by atoms with Crippen LogP contribution in [0.15, 0.2) is 6.07 Å². The molecular weight excluding hydrogens is 429 g/mol. The Bertz CT molecular complexity index is 606. The van der Waals surface area contributed by atoms with Crippen molar-refractivity contribution in [2.24, 2.45) is 11.8 Å². The number of hydrogen-bond donors (Lipinski definition) is 1. The van der Waals surface area contributed by atoms with Crippen molar-refractivity contribution in [2.45, 2.75) is 44.2 Å². The average Bonchev–Trinajstić information content (AvgIpc) is 2.83. The van der Waals surface area contributed by atoms with Crippen LogP contribution < -0.4 is 0 Å². The lowest BCUT2D eigenvalue weighted by molar-refractivity contribution is -0.130. The number of amides is 1. The van der Waals surface area contributed by atoms with Crippen LogP contribution in [0.1, 0.15) is 44.3 Å². The quantitative estimate of drug-likeness (QED) is 0.553. The van der Waals surface area contributed by atoms with Gasteiger partial charge in [-0.15, -0.1) is 11.6 Å². The maximum Gasteiger partial charge on any atom is 0.237 e. The molecule has 4 atom stereocenters. The van der Waals surface area contributed by atoms with E-state index in [4.69, 9.17) is 11.6 Å². The fraction of sp³-hybridized carbons (Fsp3) is 0.750. The van der Waals surface area contributed by atoms with Crippen LogP contribution in [0.3, 0.4) is 0 Å². The van der Waals surface area contributed by atoms with Gasteiger partial charge in [0.2, 0.25) is 5.91 Å². The molecular formula is C16H23ClIN3O2. The van der Waals surface area contributed by atoms with E-state index in [-0.39, 0.29) is 11.8 Å². The van der Waals surface area contributed by atoms with E-state index >= 15 is 0 Å². The Hall–Kier alpha value is -0.340. The van der Waals surface area contributed by atoms with Crippen molar-refractivity contribution < 1.29 is 9.90 Å². The molecule has 0 aliphatic heterocycles. The van der Waals surface area contributed by atoms with E-state index < -0.39 is 5.60 Å². The number of rotatable bonds is 5. The van der Waals surface area contributed by atoms with Crippen molar-refractivity contribution in [3.63, 3.8) is 0 Å². The zero-order valence-electron chi connectivity index (χ0n) is 13.7. The van der Waals surface area contributed by atoms with Gasteiger partial charge in [-0.05, 0) is 67.2 Å². The van der Waals surface area contributed by atoms with E-state index in [0.717, 1.165) is 16.5 Å². The summed E-state index contributed by atoms with van der Waals surface area (Å²) in [6.07, 6.45) is 1.50. The lowest BCUT2D eigenvalue weighted by Gasteiger charge is -2.30. The van der Waals surface area contributed by atoms with Crippen LogP contribution in [-0.4, -0.2) is 50.8 Å². The van der Waals surface area contributed by atoms with Crippen molar-refractivity contribution in [1.82, 2.24) is 14.7 Å². The van der Waals surface area contributed by atoms with Crippen molar-refractivity contribution in [2.75, 3.05) is 19.5 Å². The predicted molar refractivity (Wildman–Crippen MR) is 97.6 cm³/mol. The molecule has 1 aromatic rings. The van der Waals surface area contributed by atoms with Gasteiger partial charge in [0.15, 0.2) is 0 Å². The van der Waals surface area contributed by atoms with Crippen LogP contribution in [0.4, 0.5) is 0 Å². The highest BCUT2D eigenvalue weighted by molar-refractivity contribution is 14.1. The normalized spacial score (nSPS) is 32.2. The summed E-state index contributed by atoms with van der Waals surface area (Å²) < 4.78 is 3.14. The van der Waals surface area contributed by atoms with Gasteiger partial charge in [-0.2, -0.15) is 5.10 Å². The Balaban J connectivity index is 1.67. The van der Waals surface area contributed by atoms with Gasteiger partial charge in [0.25, 0.3) is 0 Å². The molecule has 2 saturated carbocycles. The molecule has 5 nitrogen and oxygen atoms in total. The number of carbonyl (C=O) groups excluding carboxylic acids is 1. The summed E-state index contributed by atoms with van der Waals surface area (Å²) in [7, 11) is 1.71. The molecule has 23 heavy (non-hydrogen) atoms. The number of nitrogens with zero attached hydrogens (tertiary/aromatic N) is 3. The van der Waals surface area contributed by atoms with Crippen LogP contribution >= 0.6 is 34.2 Å². The number of fused-ring (bicyclic) bond motifs is 1. The Kier molecular flexibility index (Phi) is 4.70. The molecule has 0 aromatic carbocycles. The molecule has 0 radical (unpaired) electrons. The molecule has 1 amide bonds. The molecule has 128 valence electrons.